The highest BCUT2D eigenvalue weighted by Crippen LogP contribution is 2.47. The zero-order valence-corrected chi connectivity index (χ0v) is 44.0. The number of aryl methyl sites for hydroxylation is 1. The summed E-state index contributed by atoms with van der Waals surface area (Å²) in [7, 11) is 0. The van der Waals surface area contributed by atoms with Crippen LogP contribution < -0.4 is 20.1 Å². The van der Waals surface area contributed by atoms with Crippen molar-refractivity contribution in [2.75, 3.05) is 59.2 Å². The lowest BCUT2D eigenvalue weighted by atomic mass is 9.85. The third kappa shape index (κ3) is 11.8. The number of aliphatic hydroxyl groups excluding tert-OH is 2. The molecular formula is C54H61BrN6O9S2. The quantitative estimate of drug-likeness (QED) is 0.0498. The first-order valence-electron chi connectivity index (χ1n) is 24.3. The van der Waals surface area contributed by atoms with E-state index < -0.39 is 47.4 Å². The van der Waals surface area contributed by atoms with E-state index in [2.05, 4.69) is 41.3 Å². The molecule has 6 atom stereocenters. The number of aromatic nitrogens is 1. The van der Waals surface area contributed by atoms with E-state index in [4.69, 9.17) is 14.2 Å². The van der Waals surface area contributed by atoms with E-state index in [0.29, 0.717) is 43.2 Å². The maximum Gasteiger partial charge on any atom is 0.246 e. The molecule has 3 aliphatic rings. The SMILES string of the molecule is Cc1ncsc1-c1ccc([C@H](CO)NC(=O)[C@@H]2C[C@@H](O)CN2C(=O)[C@@H](NC(=O)COCCN2C[C@@H]3C[C@H]2CN3CCOc2ccc(Oc3c(-c4ccc(Br)cc4)sc4cc(O)ccc34)cc2)C(C)(C)C)cc1. The fourth-order valence-electron chi connectivity index (χ4n) is 9.95. The van der Waals surface area contributed by atoms with Crippen LogP contribution in [-0.4, -0.2) is 142 Å². The second-order valence-electron chi connectivity index (χ2n) is 19.9. The number of nitrogens with one attached hydrogen (secondary N) is 2. The summed E-state index contributed by atoms with van der Waals surface area (Å²) < 4.78 is 20.5. The fourth-order valence-corrected chi connectivity index (χ4v) is 12.2. The molecule has 2 bridgehead atoms. The van der Waals surface area contributed by atoms with Crippen molar-refractivity contribution in [3.8, 4) is 43.9 Å². The van der Waals surface area contributed by atoms with E-state index in [0.717, 1.165) is 78.7 Å². The Kier molecular flexibility index (Phi) is 16.0. The number of thiazole rings is 1. The highest BCUT2D eigenvalue weighted by atomic mass is 79.9. The van der Waals surface area contributed by atoms with Crippen molar-refractivity contribution in [2.24, 2.45) is 5.41 Å². The van der Waals surface area contributed by atoms with Gasteiger partial charge in [-0.1, -0.05) is 73.1 Å². The highest BCUT2D eigenvalue weighted by molar-refractivity contribution is 9.10. The van der Waals surface area contributed by atoms with Crippen molar-refractivity contribution in [3.63, 3.8) is 0 Å². The number of rotatable bonds is 19. The third-order valence-corrected chi connectivity index (χ3v) is 16.4. The van der Waals surface area contributed by atoms with Crippen LogP contribution in [0.15, 0.2) is 101 Å². The van der Waals surface area contributed by atoms with Gasteiger partial charge in [0.2, 0.25) is 17.7 Å². The molecule has 5 heterocycles. The number of halogens is 1. The van der Waals surface area contributed by atoms with Crippen molar-refractivity contribution in [1.82, 2.24) is 30.3 Å². The van der Waals surface area contributed by atoms with Gasteiger partial charge in [-0.15, -0.1) is 22.7 Å². The Bertz CT molecular complexity index is 2860. The van der Waals surface area contributed by atoms with Gasteiger partial charge < -0.3 is 45.1 Å². The van der Waals surface area contributed by atoms with Gasteiger partial charge in [0.25, 0.3) is 0 Å². The molecule has 4 aromatic carbocycles. The van der Waals surface area contributed by atoms with Gasteiger partial charge in [-0.05, 0) is 90.0 Å². The van der Waals surface area contributed by atoms with Gasteiger partial charge >= 0.3 is 0 Å². The van der Waals surface area contributed by atoms with Gasteiger partial charge in [0, 0.05) is 65.8 Å². The molecule has 72 heavy (non-hydrogen) atoms. The Morgan fingerprint density at radius 3 is 2.17 bits per heavy atom. The van der Waals surface area contributed by atoms with Crippen LogP contribution in [0.2, 0.25) is 0 Å². The van der Waals surface area contributed by atoms with E-state index in [-0.39, 0.29) is 31.9 Å². The molecule has 3 amide bonds. The Hall–Kier alpha value is -5.44. The molecule has 3 fully saturated rings. The van der Waals surface area contributed by atoms with E-state index in [1.165, 1.54) is 16.2 Å². The number of likely N-dealkylation sites (tertiary alicyclic amines) is 3. The largest absolute Gasteiger partial charge is 0.508 e. The van der Waals surface area contributed by atoms with Crippen LogP contribution in [0.3, 0.4) is 0 Å². The van der Waals surface area contributed by atoms with Crippen LogP contribution >= 0.6 is 38.6 Å². The third-order valence-electron chi connectivity index (χ3n) is 13.8. The van der Waals surface area contributed by atoms with Gasteiger partial charge in [0.05, 0.1) is 46.3 Å². The molecule has 3 aliphatic heterocycles. The molecule has 9 rings (SSSR count). The van der Waals surface area contributed by atoms with Crippen molar-refractivity contribution in [2.45, 2.75) is 76.8 Å². The number of hydrogen-bond donors (Lipinski definition) is 5. The standard InChI is InChI=1S/C54H61BrN6O9S2/c1-32-49(71-31-56-32)34-7-5-33(6-8-34)44(29-62)57-52(66)45-24-40(64)28-61(45)53(67)51(54(2,3)4)58-47(65)30-68-21-19-59-26-38-23-37(59)27-60(38)20-22-69-41-14-16-42(17-15-41)70-48-43-18-13-39(63)25-46(43)72-50(48)35-9-11-36(55)12-10-35/h5-18,25,31,37-38,40,44-45,51,62-64H,19-24,26-30H2,1-4H3,(H,57,66)(H,58,65)/t37-,38-,40+,44-,45-,51+/m0/s1. The number of carbonyl (C=O) groups is 3. The Morgan fingerprint density at radius 1 is 0.847 bits per heavy atom. The summed E-state index contributed by atoms with van der Waals surface area (Å²) in [5, 5.41) is 37.8. The summed E-state index contributed by atoms with van der Waals surface area (Å²) in [5.41, 5.74) is 4.69. The number of phenolic OH excluding ortho intramolecular Hbond substituents is 1. The summed E-state index contributed by atoms with van der Waals surface area (Å²) in [6, 6.07) is 26.7. The lowest BCUT2D eigenvalue weighted by Gasteiger charge is -2.35. The van der Waals surface area contributed by atoms with E-state index in [1.807, 2.05) is 107 Å². The number of aromatic hydroxyl groups is 1. The molecular weight excluding hydrogens is 1020 g/mol. The van der Waals surface area contributed by atoms with Crippen molar-refractivity contribution in [1.29, 1.82) is 0 Å². The second kappa shape index (κ2) is 22.4. The molecule has 380 valence electrons. The molecule has 0 unspecified atom stereocenters. The van der Waals surface area contributed by atoms with Crippen LogP contribution in [0.25, 0.3) is 31.0 Å². The van der Waals surface area contributed by atoms with Gasteiger partial charge in [-0.25, -0.2) is 4.98 Å². The summed E-state index contributed by atoms with van der Waals surface area (Å²) >= 11 is 6.64. The minimum atomic E-state index is -0.993. The number of benzene rings is 4. The minimum absolute atomic E-state index is 0.0296. The predicted octanol–water partition coefficient (Wildman–Crippen LogP) is 7.76. The molecule has 18 heteroatoms. The van der Waals surface area contributed by atoms with Crippen molar-refractivity contribution >= 4 is 66.4 Å². The number of carbonyl (C=O) groups excluding carboxylic acids is 3. The summed E-state index contributed by atoms with van der Waals surface area (Å²) in [6.07, 6.45) is 0.163. The molecule has 5 N–H and O–H groups in total. The van der Waals surface area contributed by atoms with Crippen LogP contribution in [-0.2, 0) is 19.1 Å². The van der Waals surface area contributed by atoms with Gasteiger partial charge in [-0.2, -0.15) is 0 Å². The van der Waals surface area contributed by atoms with Crippen LogP contribution in [0.4, 0.5) is 0 Å². The van der Waals surface area contributed by atoms with E-state index in [1.54, 1.807) is 29.0 Å². The highest BCUT2D eigenvalue weighted by Gasteiger charge is 2.45. The number of fused-ring (bicyclic) bond motifs is 3. The molecule has 6 aromatic rings. The predicted molar refractivity (Wildman–Crippen MR) is 283 cm³/mol. The number of nitrogens with zero attached hydrogens (tertiary/aromatic N) is 4. The molecule has 15 nitrogen and oxygen atoms in total. The van der Waals surface area contributed by atoms with E-state index in [9.17, 15) is 29.7 Å². The minimum Gasteiger partial charge on any atom is -0.508 e. The first kappa shape index (κ1) is 51.5. The molecule has 0 spiro atoms. The maximum absolute atomic E-state index is 14.2. The van der Waals surface area contributed by atoms with Crippen LogP contribution in [0.5, 0.6) is 23.0 Å². The smallest absolute Gasteiger partial charge is 0.246 e. The van der Waals surface area contributed by atoms with E-state index >= 15 is 0 Å². The van der Waals surface area contributed by atoms with Gasteiger partial charge in [-0.3, -0.25) is 24.2 Å². The monoisotopic (exact) mass is 1080 g/mol. The number of piperazine rings is 1. The fraction of sp³-hybridized carbons (Fsp3) is 0.407. The van der Waals surface area contributed by atoms with Gasteiger partial charge in [0.1, 0.15) is 42.5 Å². The number of thiophene rings is 1. The number of hydrogen-bond acceptors (Lipinski definition) is 14. The van der Waals surface area contributed by atoms with Crippen LogP contribution in [0, 0.1) is 12.3 Å². The number of aliphatic hydroxyl groups is 2. The average molecular weight is 1080 g/mol. The molecule has 0 radical (unpaired) electrons. The Morgan fingerprint density at radius 2 is 1.51 bits per heavy atom. The number of amides is 3. The molecule has 0 aliphatic carbocycles. The zero-order valence-electron chi connectivity index (χ0n) is 40.8. The van der Waals surface area contributed by atoms with Crippen molar-refractivity contribution < 1.29 is 43.9 Å². The summed E-state index contributed by atoms with van der Waals surface area (Å²) in [6.45, 7) is 11.0. The zero-order chi connectivity index (χ0) is 50.7. The maximum atomic E-state index is 14.2. The number of phenols is 1. The van der Waals surface area contributed by atoms with Gasteiger partial charge in [0.15, 0.2) is 5.75 Å². The Balaban J connectivity index is 0.703. The molecule has 3 saturated heterocycles. The number of ether oxygens (including phenoxy) is 3. The lowest BCUT2D eigenvalue weighted by molar-refractivity contribution is -0.144. The van der Waals surface area contributed by atoms with Crippen LogP contribution in [0.1, 0.15) is 50.9 Å². The number of β-amino-alcohol motifs (C(OH)–C–C–N with tert-alkyl or cyclic N) is 1. The van der Waals surface area contributed by atoms with Crippen molar-refractivity contribution in [3.05, 3.63) is 112 Å². The first-order valence-corrected chi connectivity index (χ1v) is 26.8. The average Bonchev–Trinajstić information content (AvgIpc) is 4.21. The molecule has 2 aromatic heterocycles. The lowest BCUT2D eigenvalue weighted by Crippen LogP contribution is -2.58. The normalized spacial score (nSPS) is 20.0. The second-order valence-corrected chi connectivity index (χ2v) is 22.7. The summed E-state index contributed by atoms with van der Waals surface area (Å²) in [5.74, 6) is 0.995. The Labute approximate surface area is 435 Å². The summed E-state index contributed by atoms with van der Waals surface area (Å²) in [4.78, 5) is 53.8. The molecule has 0 saturated carbocycles. The topological polar surface area (TPSA) is 186 Å². The first-order chi connectivity index (χ1) is 34.6.